The number of anilines is 1. The van der Waals surface area contributed by atoms with Crippen LogP contribution in [0.4, 0.5) is 5.69 Å². The molecule has 1 atom stereocenters. The Labute approximate surface area is 168 Å². The quantitative estimate of drug-likeness (QED) is 0.570. The van der Waals surface area contributed by atoms with Crippen LogP contribution in [-0.4, -0.2) is 38.5 Å². The van der Waals surface area contributed by atoms with Crippen LogP contribution < -0.4 is 10.6 Å². The normalized spacial score (nSPS) is 12.6. The van der Waals surface area contributed by atoms with Crippen LogP contribution in [0, 0.1) is 0 Å². The van der Waals surface area contributed by atoms with Crippen molar-refractivity contribution in [2.75, 3.05) is 26.1 Å². The topological polar surface area (TPSA) is 93.7 Å². The monoisotopic (exact) mass is 404 g/mol. The lowest BCUT2D eigenvalue weighted by Gasteiger charge is -2.29. The summed E-state index contributed by atoms with van der Waals surface area (Å²) in [6.45, 7) is 1.85. The summed E-state index contributed by atoms with van der Waals surface area (Å²) >= 11 is 6.02. The van der Waals surface area contributed by atoms with Crippen LogP contribution in [0.5, 0.6) is 0 Å². The van der Waals surface area contributed by atoms with Crippen LogP contribution in [0.25, 0.3) is 0 Å². The van der Waals surface area contributed by atoms with Crippen LogP contribution in [0.15, 0.2) is 48.5 Å². The predicted octanol–water partition coefficient (Wildman–Crippen LogP) is 2.74. The summed E-state index contributed by atoms with van der Waals surface area (Å²) in [7, 11) is 2.79. The van der Waals surface area contributed by atoms with E-state index in [4.69, 9.17) is 16.3 Å². The van der Waals surface area contributed by atoms with Gasteiger partial charge in [0.15, 0.2) is 0 Å². The second-order valence-corrected chi connectivity index (χ2v) is 6.59. The summed E-state index contributed by atoms with van der Waals surface area (Å²) in [4.78, 5) is 35.7. The van der Waals surface area contributed by atoms with E-state index in [1.54, 1.807) is 25.1 Å². The van der Waals surface area contributed by atoms with Gasteiger partial charge in [-0.3, -0.25) is 9.59 Å². The zero-order chi connectivity index (χ0) is 20.7. The van der Waals surface area contributed by atoms with Crippen molar-refractivity contribution in [1.82, 2.24) is 5.32 Å². The van der Waals surface area contributed by atoms with E-state index in [2.05, 4.69) is 15.4 Å². The molecule has 0 spiro atoms. The van der Waals surface area contributed by atoms with Gasteiger partial charge < -0.3 is 20.1 Å². The van der Waals surface area contributed by atoms with Gasteiger partial charge in [-0.15, -0.1) is 0 Å². The minimum atomic E-state index is -0.858. The first kappa shape index (κ1) is 21.4. The maximum absolute atomic E-state index is 12.2. The van der Waals surface area contributed by atoms with E-state index in [-0.39, 0.29) is 6.54 Å². The fourth-order valence-electron chi connectivity index (χ4n) is 2.43. The second kappa shape index (κ2) is 9.34. The Bertz CT molecular complexity index is 869. The molecule has 2 rings (SSSR count). The van der Waals surface area contributed by atoms with Crippen molar-refractivity contribution in [2.45, 2.75) is 12.5 Å². The smallest absolute Gasteiger partial charge is 0.337 e. The highest BCUT2D eigenvalue weighted by atomic mass is 35.5. The van der Waals surface area contributed by atoms with Gasteiger partial charge in [0, 0.05) is 17.8 Å². The van der Waals surface area contributed by atoms with Crippen LogP contribution >= 0.6 is 11.6 Å². The molecule has 2 amide bonds. The maximum Gasteiger partial charge on any atom is 0.337 e. The van der Waals surface area contributed by atoms with E-state index < -0.39 is 23.4 Å². The molecule has 0 aromatic heterocycles. The number of methoxy groups -OCH3 is 2. The zero-order valence-corrected chi connectivity index (χ0v) is 16.5. The number of rotatable bonds is 6. The van der Waals surface area contributed by atoms with Crippen molar-refractivity contribution in [3.63, 3.8) is 0 Å². The molecule has 0 aliphatic heterocycles. The number of halogens is 1. The van der Waals surface area contributed by atoms with Crippen molar-refractivity contribution < 1.29 is 23.9 Å². The Morgan fingerprint density at radius 1 is 1.04 bits per heavy atom. The van der Waals surface area contributed by atoms with Crippen LogP contribution in [-0.2, 0) is 24.7 Å². The van der Waals surface area contributed by atoms with Gasteiger partial charge >= 0.3 is 17.8 Å². The highest BCUT2D eigenvalue weighted by molar-refractivity contribution is 6.39. The van der Waals surface area contributed by atoms with Crippen molar-refractivity contribution >= 4 is 35.1 Å². The molecule has 2 N–H and O–H groups in total. The van der Waals surface area contributed by atoms with E-state index in [0.717, 1.165) is 5.56 Å². The number of hydrogen-bond donors (Lipinski definition) is 2. The van der Waals surface area contributed by atoms with E-state index >= 15 is 0 Å². The molecule has 2 aromatic rings. The number of carbonyl (C=O) groups is 3. The van der Waals surface area contributed by atoms with E-state index in [1.807, 2.05) is 6.07 Å². The number of ether oxygens (including phenoxy) is 2. The molecule has 0 heterocycles. The molecule has 0 radical (unpaired) electrons. The molecule has 0 saturated heterocycles. The highest BCUT2D eigenvalue weighted by Crippen LogP contribution is 2.26. The van der Waals surface area contributed by atoms with E-state index in [1.165, 1.54) is 38.5 Å². The maximum atomic E-state index is 12.2. The molecule has 7 nitrogen and oxygen atoms in total. The number of benzene rings is 2. The molecular formula is C20H21ClN2O5. The molecule has 28 heavy (non-hydrogen) atoms. The molecule has 8 heteroatoms. The van der Waals surface area contributed by atoms with Gasteiger partial charge in [-0.25, -0.2) is 4.79 Å². The van der Waals surface area contributed by atoms with Gasteiger partial charge in [-0.2, -0.15) is 0 Å². The second-order valence-electron chi connectivity index (χ2n) is 6.15. The molecule has 0 aliphatic rings. The lowest BCUT2D eigenvalue weighted by Crippen LogP contribution is -2.44. The van der Waals surface area contributed by atoms with Crippen LogP contribution in [0.3, 0.4) is 0 Å². The number of esters is 1. The van der Waals surface area contributed by atoms with Gasteiger partial charge in [0.05, 0.1) is 19.2 Å². The van der Waals surface area contributed by atoms with E-state index in [9.17, 15) is 14.4 Å². The first-order valence-corrected chi connectivity index (χ1v) is 8.75. The van der Waals surface area contributed by atoms with Gasteiger partial charge in [0.2, 0.25) is 0 Å². The summed E-state index contributed by atoms with van der Waals surface area (Å²) in [6, 6.07) is 13.1. The largest absolute Gasteiger partial charge is 0.465 e. The molecule has 0 aliphatic carbocycles. The summed E-state index contributed by atoms with van der Waals surface area (Å²) in [5.74, 6) is -2.15. The van der Waals surface area contributed by atoms with Gasteiger partial charge in [-0.05, 0) is 48.9 Å². The lowest BCUT2D eigenvalue weighted by atomic mass is 9.95. The summed E-state index contributed by atoms with van der Waals surface area (Å²) < 4.78 is 10.1. The lowest BCUT2D eigenvalue weighted by molar-refractivity contribution is -0.137. The Morgan fingerprint density at radius 2 is 1.71 bits per heavy atom. The Morgan fingerprint density at radius 3 is 2.29 bits per heavy atom. The summed E-state index contributed by atoms with van der Waals surface area (Å²) in [5, 5.41) is 5.56. The highest BCUT2D eigenvalue weighted by Gasteiger charge is 2.28. The average Bonchev–Trinajstić information content (AvgIpc) is 2.71. The Balaban J connectivity index is 1.98. The van der Waals surface area contributed by atoms with Crippen molar-refractivity contribution in [3.8, 4) is 0 Å². The van der Waals surface area contributed by atoms with Crippen molar-refractivity contribution in [1.29, 1.82) is 0 Å². The van der Waals surface area contributed by atoms with Crippen LogP contribution in [0.2, 0.25) is 5.02 Å². The van der Waals surface area contributed by atoms with Gasteiger partial charge in [-0.1, -0.05) is 23.7 Å². The SMILES string of the molecule is COC(=O)c1ccc(NC(=O)C(=O)NC[C@](C)(OC)c2cccc(Cl)c2)cc1. The minimum absolute atomic E-state index is 0.0668. The van der Waals surface area contributed by atoms with Crippen molar-refractivity contribution in [3.05, 3.63) is 64.7 Å². The number of amides is 2. The Kier molecular flexibility index (Phi) is 7.14. The summed E-state index contributed by atoms with van der Waals surface area (Å²) in [6.07, 6.45) is 0. The third-order valence-electron chi connectivity index (χ3n) is 4.24. The molecular weight excluding hydrogens is 384 g/mol. The predicted molar refractivity (Wildman–Crippen MR) is 105 cm³/mol. The first-order chi connectivity index (χ1) is 13.3. The molecule has 0 unspecified atom stereocenters. The van der Waals surface area contributed by atoms with Gasteiger partial charge in [0.25, 0.3) is 0 Å². The van der Waals surface area contributed by atoms with Gasteiger partial charge in [0.1, 0.15) is 5.60 Å². The minimum Gasteiger partial charge on any atom is -0.465 e. The van der Waals surface area contributed by atoms with E-state index in [0.29, 0.717) is 16.3 Å². The molecule has 0 bridgehead atoms. The number of hydrogen-bond acceptors (Lipinski definition) is 5. The fraction of sp³-hybridized carbons (Fsp3) is 0.250. The molecule has 0 fully saturated rings. The zero-order valence-electron chi connectivity index (χ0n) is 15.7. The van der Waals surface area contributed by atoms with Crippen molar-refractivity contribution in [2.24, 2.45) is 0 Å². The molecule has 2 aromatic carbocycles. The fourth-order valence-corrected chi connectivity index (χ4v) is 2.62. The Hall–Kier alpha value is -2.90. The standard InChI is InChI=1S/C20H21ClN2O5/c1-20(28-3,14-5-4-6-15(21)11-14)12-22-17(24)18(25)23-16-9-7-13(8-10-16)19(26)27-2/h4-11H,12H2,1-3H3,(H,22,24)(H,23,25)/t20-/m0/s1. The molecule has 148 valence electrons. The number of nitrogens with one attached hydrogen (secondary N) is 2. The number of carbonyl (C=O) groups excluding carboxylic acids is 3. The average molecular weight is 405 g/mol. The van der Waals surface area contributed by atoms with Crippen LogP contribution in [0.1, 0.15) is 22.8 Å². The third kappa shape index (κ3) is 5.31. The third-order valence-corrected chi connectivity index (χ3v) is 4.48. The summed E-state index contributed by atoms with van der Waals surface area (Å²) in [5.41, 5.74) is 0.615. The first-order valence-electron chi connectivity index (χ1n) is 8.38. The molecule has 0 saturated carbocycles.